The van der Waals surface area contributed by atoms with Gasteiger partial charge in [-0.2, -0.15) is 0 Å². The molecule has 2 nitrogen and oxygen atoms in total. The molecule has 1 aliphatic rings. The first-order chi connectivity index (χ1) is 8.56. The Kier molecular flexibility index (Phi) is 4.05. The van der Waals surface area contributed by atoms with Crippen LogP contribution < -0.4 is 0 Å². The number of carbonyl (C=O) groups is 1. The van der Waals surface area contributed by atoms with Crippen LogP contribution in [0.3, 0.4) is 0 Å². The van der Waals surface area contributed by atoms with Crippen LogP contribution in [0.15, 0.2) is 18.2 Å². The van der Waals surface area contributed by atoms with Crippen molar-refractivity contribution in [1.82, 2.24) is 4.90 Å². The zero-order valence-corrected chi connectivity index (χ0v) is 11.7. The number of piperidine rings is 1. The maximum atomic E-state index is 12.2. The van der Waals surface area contributed by atoms with Gasteiger partial charge >= 0.3 is 0 Å². The van der Waals surface area contributed by atoms with Gasteiger partial charge in [0, 0.05) is 13.1 Å². The lowest BCUT2D eigenvalue weighted by Crippen LogP contribution is -2.38. The number of hydrogen-bond donors (Lipinski definition) is 0. The second-order valence-corrected chi connectivity index (χ2v) is 5.67. The predicted molar refractivity (Wildman–Crippen MR) is 74.6 cm³/mol. The van der Waals surface area contributed by atoms with Gasteiger partial charge in [-0.25, -0.2) is 0 Å². The van der Waals surface area contributed by atoms with Gasteiger partial charge < -0.3 is 4.90 Å². The molecule has 0 atom stereocenters. The molecule has 18 heavy (non-hydrogen) atoms. The van der Waals surface area contributed by atoms with Crippen LogP contribution in [0.2, 0.25) is 0 Å². The summed E-state index contributed by atoms with van der Waals surface area (Å²) in [6.45, 7) is 8.32. The highest BCUT2D eigenvalue weighted by molar-refractivity contribution is 5.79. The van der Waals surface area contributed by atoms with Crippen LogP contribution in [-0.4, -0.2) is 23.9 Å². The molecular formula is C16H23NO. The Morgan fingerprint density at radius 2 is 1.94 bits per heavy atom. The third-order valence-electron chi connectivity index (χ3n) is 3.98. The number of rotatable bonds is 2. The number of aryl methyl sites for hydroxylation is 2. The van der Waals surface area contributed by atoms with Crippen LogP contribution in [0.5, 0.6) is 0 Å². The standard InChI is InChI=1S/C16H23NO/c1-12-6-8-17(9-7-12)16(18)11-15-5-4-13(2)10-14(15)3/h4-5,10,12H,6-9,11H2,1-3H3. The Balaban J connectivity index is 1.98. The highest BCUT2D eigenvalue weighted by Crippen LogP contribution is 2.18. The Hall–Kier alpha value is -1.31. The van der Waals surface area contributed by atoms with Crippen molar-refractivity contribution >= 4 is 5.91 Å². The minimum atomic E-state index is 0.286. The molecule has 98 valence electrons. The van der Waals surface area contributed by atoms with E-state index < -0.39 is 0 Å². The van der Waals surface area contributed by atoms with Crippen molar-refractivity contribution in [3.8, 4) is 0 Å². The molecule has 2 rings (SSSR count). The number of amides is 1. The average Bonchev–Trinajstić information content (AvgIpc) is 2.33. The lowest BCUT2D eigenvalue weighted by molar-refractivity contribution is -0.131. The fourth-order valence-corrected chi connectivity index (χ4v) is 2.58. The number of carbonyl (C=O) groups excluding carboxylic acids is 1. The second-order valence-electron chi connectivity index (χ2n) is 5.67. The first-order valence-corrected chi connectivity index (χ1v) is 6.90. The zero-order valence-electron chi connectivity index (χ0n) is 11.7. The number of likely N-dealkylation sites (tertiary alicyclic amines) is 1. The topological polar surface area (TPSA) is 20.3 Å². The van der Waals surface area contributed by atoms with E-state index in [-0.39, 0.29) is 5.91 Å². The molecule has 1 aliphatic heterocycles. The summed E-state index contributed by atoms with van der Waals surface area (Å²) >= 11 is 0. The van der Waals surface area contributed by atoms with Gasteiger partial charge in [0.2, 0.25) is 5.91 Å². The molecule has 0 aliphatic carbocycles. The van der Waals surface area contributed by atoms with E-state index >= 15 is 0 Å². The van der Waals surface area contributed by atoms with Gasteiger partial charge in [-0.3, -0.25) is 4.79 Å². The lowest BCUT2D eigenvalue weighted by Gasteiger charge is -2.30. The average molecular weight is 245 g/mol. The van der Waals surface area contributed by atoms with E-state index in [1.54, 1.807) is 0 Å². The molecule has 0 unspecified atom stereocenters. The monoisotopic (exact) mass is 245 g/mol. The summed E-state index contributed by atoms with van der Waals surface area (Å²) in [5, 5.41) is 0. The van der Waals surface area contributed by atoms with E-state index in [1.165, 1.54) is 16.7 Å². The first-order valence-electron chi connectivity index (χ1n) is 6.90. The maximum absolute atomic E-state index is 12.2. The minimum absolute atomic E-state index is 0.286. The highest BCUT2D eigenvalue weighted by atomic mass is 16.2. The molecule has 2 heteroatoms. The van der Waals surface area contributed by atoms with Crippen LogP contribution >= 0.6 is 0 Å². The van der Waals surface area contributed by atoms with Gasteiger partial charge in [-0.15, -0.1) is 0 Å². The van der Waals surface area contributed by atoms with Gasteiger partial charge in [0.05, 0.1) is 6.42 Å². The molecule has 1 aromatic carbocycles. The van der Waals surface area contributed by atoms with Gasteiger partial charge in [0.1, 0.15) is 0 Å². The van der Waals surface area contributed by atoms with E-state index in [0.29, 0.717) is 6.42 Å². The normalized spacial score (nSPS) is 16.9. The maximum Gasteiger partial charge on any atom is 0.226 e. The Labute approximate surface area is 110 Å². The van der Waals surface area contributed by atoms with E-state index in [1.807, 2.05) is 4.90 Å². The molecule has 0 bridgehead atoms. The number of benzene rings is 1. The fraction of sp³-hybridized carbons (Fsp3) is 0.562. The lowest BCUT2D eigenvalue weighted by atomic mass is 9.98. The van der Waals surface area contributed by atoms with Crippen molar-refractivity contribution in [3.63, 3.8) is 0 Å². The molecule has 1 heterocycles. The van der Waals surface area contributed by atoms with E-state index in [0.717, 1.165) is 31.8 Å². The van der Waals surface area contributed by atoms with Crippen LogP contribution in [-0.2, 0) is 11.2 Å². The summed E-state index contributed by atoms with van der Waals surface area (Å²) < 4.78 is 0. The van der Waals surface area contributed by atoms with Crippen molar-refractivity contribution in [2.45, 2.75) is 40.0 Å². The molecule has 1 amide bonds. The van der Waals surface area contributed by atoms with Crippen LogP contribution in [0.1, 0.15) is 36.5 Å². The van der Waals surface area contributed by atoms with Crippen molar-refractivity contribution in [1.29, 1.82) is 0 Å². The van der Waals surface area contributed by atoms with Crippen LogP contribution in [0.25, 0.3) is 0 Å². The molecule has 1 aromatic rings. The summed E-state index contributed by atoms with van der Waals surface area (Å²) in [6.07, 6.45) is 2.86. The summed E-state index contributed by atoms with van der Waals surface area (Å²) in [5.41, 5.74) is 3.66. The third-order valence-corrected chi connectivity index (χ3v) is 3.98. The summed E-state index contributed by atoms with van der Waals surface area (Å²) in [7, 11) is 0. The molecular weight excluding hydrogens is 222 g/mol. The van der Waals surface area contributed by atoms with Crippen LogP contribution in [0, 0.1) is 19.8 Å². The molecule has 0 radical (unpaired) electrons. The fourth-order valence-electron chi connectivity index (χ4n) is 2.58. The third kappa shape index (κ3) is 3.12. The number of nitrogens with zero attached hydrogens (tertiary/aromatic N) is 1. The van der Waals surface area contributed by atoms with Gasteiger partial charge in [0.15, 0.2) is 0 Å². The highest BCUT2D eigenvalue weighted by Gasteiger charge is 2.20. The molecule has 0 N–H and O–H groups in total. The summed E-state index contributed by atoms with van der Waals surface area (Å²) in [6, 6.07) is 6.34. The molecule has 0 spiro atoms. The van der Waals surface area contributed by atoms with Crippen molar-refractivity contribution < 1.29 is 4.79 Å². The molecule has 1 saturated heterocycles. The summed E-state index contributed by atoms with van der Waals surface area (Å²) in [4.78, 5) is 14.3. The van der Waals surface area contributed by atoms with Crippen LogP contribution in [0.4, 0.5) is 0 Å². The Morgan fingerprint density at radius 3 is 2.56 bits per heavy atom. The van der Waals surface area contributed by atoms with E-state index in [9.17, 15) is 4.79 Å². The minimum Gasteiger partial charge on any atom is -0.342 e. The number of hydrogen-bond acceptors (Lipinski definition) is 1. The van der Waals surface area contributed by atoms with Crippen molar-refractivity contribution in [2.24, 2.45) is 5.92 Å². The molecule has 0 saturated carbocycles. The van der Waals surface area contributed by atoms with Gasteiger partial charge in [-0.05, 0) is 43.7 Å². The van der Waals surface area contributed by atoms with Gasteiger partial charge in [0.25, 0.3) is 0 Å². The SMILES string of the molecule is Cc1ccc(CC(=O)N2CCC(C)CC2)c(C)c1. The second kappa shape index (κ2) is 5.55. The van der Waals surface area contributed by atoms with Gasteiger partial charge in [-0.1, -0.05) is 30.7 Å². The zero-order chi connectivity index (χ0) is 13.1. The van der Waals surface area contributed by atoms with Crippen molar-refractivity contribution in [2.75, 3.05) is 13.1 Å². The van der Waals surface area contributed by atoms with Crippen molar-refractivity contribution in [3.05, 3.63) is 34.9 Å². The molecule has 1 fully saturated rings. The van der Waals surface area contributed by atoms with E-state index in [4.69, 9.17) is 0 Å². The van der Waals surface area contributed by atoms with E-state index in [2.05, 4.69) is 39.0 Å². The first kappa shape index (κ1) is 13.1. The molecule has 0 aromatic heterocycles. The smallest absolute Gasteiger partial charge is 0.226 e. The quantitative estimate of drug-likeness (QED) is 0.784. The predicted octanol–water partition coefficient (Wildman–Crippen LogP) is 3.10. The largest absolute Gasteiger partial charge is 0.342 e. The summed E-state index contributed by atoms with van der Waals surface area (Å²) in [5.74, 6) is 1.06. The Morgan fingerprint density at radius 1 is 1.28 bits per heavy atom. The Bertz CT molecular complexity index is 431.